The number of hydrogen-bond acceptors (Lipinski definition) is 5. The van der Waals surface area contributed by atoms with Gasteiger partial charge in [-0.15, -0.1) is 0 Å². The van der Waals surface area contributed by atoms with Gasteiger partial charge < -0.3 is 20.9 Å². The van der Waals surface area contributed by atoms with Gasteiger partial charge in [-0.05, 0) is 12.5 Å². The monoisotopic (exact) mass is 266 g/mol. The number of rotatable bonds is 7. The Bertz CT molecular complexity index is 396. The van der Waals surface area contributed by atoms with E-state index in [4.69, 9.17) is 0 Å². The number of amides is 2. The van der Waals surface area contributed by atoms with Gasteiger partial charge in [0.1, 0.15) is 5.82 Å². The minimum Gasteiger partial charge on any atom is -0.368 e. The summed E-state index contributed by atoms with van der Waals surface area (Å²) in [6, 6.07) is 1.69. The van der Waals surface area contributed by atoms with E-state index in [9.17, 15) is 4.79 Å². The van der Waals surface area contributed by atoms with Crippen LogP contribution >= 0.6 is 0 Å². The molecule has 0 spiro atoms. The Labute approximate surface area is 113 Å². The predicted molar refractivity (Wildman–Crippen MR) is 76.4 cm³/mol. The molecular weight excluding hydrogens is 244 g/mol. The van der Waals surface area contributed by atoms with Gasteiger partial charge in [0, 0.05) is 39.9 Å². The minimum absolute atomic E-state index is 0.102. The first-order valence-electron chi connectivity index (χ1n) is 6.39. The first-order chi connectivity index (χ1) is 9.13. The van der Waals surface area contributed by atoms with Gasteiger partial charge in [-0.1, -0.05) is 6.92 Å². The number of nitrogens with zero attached hydrogens (tertiary/aromatic N) is 3. The quantitative estimate of drug-likeness (QED) is 0.641. The fourth-order valence-corrected chi connectivity index (χ4v) is 1.30. The van der Waals surface area contributed by atoms with Crippen LogP contribution in [0, 0.1) is 0 Å². The van der Waals surface area contributed by atoms with Crippen LogP contribution in [0.1, 0.15) is 13.3 Å². The van der Waals surface area contributed by atoms with E-state index in [0.717, 1.165) is 18.8 Å². The molecule has 0 aromatic carbocycles. The number of carbonyl (C=O) groups excluding carboxylic acids is 1. The molecule has 1 aromatic rings. The van der Waals surface area contributed by atoms with Crippen LogP contribution in [0.2, 0.25) is 0 Å². The van der Waals surface area contributed by atoms with E-state index in [1.165, 1.54) is 4.90 Å². The Morgan fingerprint density at radius 3 is 2.74 bits per heavy atom. The third-order valence-corrected chi connectivity index (χ3v) is 2.30. The summed E-state index contributed by atoms with van der Waals surface area (Å²) < 4.78 is 0. The first kappa shape index (κ1) is 15.0. The van der Waals surface area contributed by atoms with E-state index in [2.05, 4.69) is 32.8 Å². The second kappa shape index (κ2) is 8.12. The lowest BCUT2D eigenvalue weighted by Gasteiger charge is -2.12. The fourth-order valence-electron chi connectivity index (χ4n) is 1.30. The topological polar surface area (TPSA) is 82.2 Å². The van der Waals surface area contributed by atoms with Crippen molar-refractivity contribution in [3.8, 4) is 0 Å². The summed E-state index contributed by atoms with van der Waals surface area (Å²) in [4.78, 5) is 21.2. The van der Waals surface area contributed by atoms with Crippen molar-refractivity contribution in [2.24, 2.45) is 0 Å². The van der Waals surface area contributed by atoms with Crippen LogP contribution in [0.3, 0.4) is 0 Å². The Kier molecular flexibility index (Phi) is 6.42. The zero-order valence-corrected chi connectivity index (χ0v) is 11.7. The highest BCUT2D eigenvalue weighted by molar-refractivity contribution is 5.73. The molecule has 7 nitrogen and oxygen atoms in total. The molecule has 0 radical (unpaired) electrons. The highest BCUT2D eigenvalue weighted by Gasteiger charge is 2.01. The van der Waals surface area contributed by atoms with Crippen LogP contribution in [0.15, 0.2) is 12.3 Å². The van der Waals surface area contributed by atoms with Crippen LogP contribution in [-0.2, 0) is 0 Å². The molecule has 0 saturated heterocycles. The molecule has 0 aliphatic heterocycles. The normalized spacial score (nSPS) is 9.84. The SMILES string of the molecule is CCCNc1nccc(NCCNC(=O)N(C)C)n1. The smallest absolute Gasteiger partial charge is 0.316 e. The lowest BCUT2D eigenvalue weighted by molar-refractivity contribution is 0.218. The molecule has 19 heavy (non-hydrogen) atoms. The summed E-state index contributed by atoms with van der Waals surface area (Å²) in [5, 5.41) is 9.02. The first-order valence-corrected chi connectivity index (χ1v) is 6.39. The van der Waals surface area contributed by atoms with Crippen molar-refractivity contribution in [2.75, 3.05) is 44.4 Å². The van der Waals surface area contributed by atoms with Crippen LogP contribution in [0.25, 0.3) is 0 Å². The Morgan fingerprint density at radius 1 is 1.26 bits per heavy atom. The largest absolute Gasteiger partial charge is 0.368 e. The van der Waals surface area contributed by atoms with Gasteiger partial charge in [-0.25, -0.2) is 9.78 Å². The number of carbonyl (C=O) groups is 1. The van der Waals surface area contributed by atoms with Gasteiger partial charge in [0.15, 0.2) is 0 Å². The van der Waals surface area contributed by atoms with Crippen LogP contribution in [0.4, 0.5) is 16.6 Å². The molecule has 0 bridgehead atoms. The maximum atomic E-state index is 11.3. The second-order valence-electron chi connectivity index (χ2n) is 4.25. The van der Waals surface area contributed by atoms with Crippen molar-refractivity contribution in [3.63, 3.8) is 0 Å². The minimum atomic E-state index is -0.102. The lowest BCUT2D eigenvalue weighted by Crippen LogP contribution is -2.37. The second-order valence-corrected chi connectivity index (χ2v) is 4.25. The molecule has 2 amide bonds. The number of nitrogens with one attached hydrogen (secondary N) is 3. The molecular formula is C12H22N6O. The maximum absolute atomic E-state index is 11.3. The van der Waals surface area contributed by atoms with Gasteiger partial charge in [0.05, 0.1) is 0 Å². The zero-order chi connectivity index (χ0) is 14.1. The summed E-state index contributed by atoms with van der Waals surface area (Å²) in [6.45, 7) is 4.09. The van der Waals surface area contributed by atoms with E-state index in [-0.39, 0.29) is 6.03 Å². The molecule has 3 N–H and O–H groups in total. The average Bonchev–Trinajstić information content (AvgIpc) is 2.41. The standard InChI is InChI=1S/C12H22N6O/c1-4-6-14-11-15-7-5-10(17-11)13-8-9-16-12(19)18(2)3/h5,7H,4,6,8-9H2,1-3H3,(H,16,19)(H2,13,14,15,17). The Hall–Kier alpha value is -2.05. The molecule has 1 heterocycles. The van der Waals surface area contributed by atoms with E-state index < -0.39 is 0 Å². The number of aromatic nitrogens is 2. The molecule has 0 aliphatic carbocycles. The van der Waals surface area contributed by atoms with Crippen molar-refractivity contribution in [2.45, 2.75) is 13.3 Å². The average molecular weight is 266 g/mol. The van der Waals surface area contributed by atoms with Crippen molar-refractivity contribution in [1.82, 2.24) is 20.2 Å². The Morgan fingerprint density at radius 2 is 2.05 bits per heavy atom. The number of urea groups is 1. The molecule has 1 aromatic heterocycles. The number of anilines is 2. The van der Waals surface area contributed by atoms with E-state index in [1.54, 1.807) is 26.4 Å². The van der Waals surface area contributed by atoms with Gasteiger partial charge >= 0.3 is 6.03 Å². The summed E-state index contributed by atoms with van der Waals surface area (Å²) in [5.74, 6) is 1.36. The summed E-state index contributed by atoms with van der Waals surface area (Å²) >= 11 is 0. The van der Waals surface area contributed by atoms with Gasteiger partial charge in [-0.2, -0.15) is 4.98 Å². The van der Waals surface area contributed by atoms with Gasteiger partial charge in [-0.3, -0.25) is 0 Å². The fraction of sp³-hybridized carbons (Fsp3) is 0.583. The van der Waals surface area contributed by atoms with Crippen molar-refractivity contribution < 1.29 is 4.79 Å². The molecule has 7 heteroatoms. The molecule has 0 saturated carbocycles. The highest BCUT2D eigenvalue weighted by Crippen LogP contribution is 2.04. The molecule has 0 atom stereocenters. The van der Waals surface area contributed by atoms with E-state index in [1.807, 2.05) is 0 Å². The van der Waals surface area contributed by atoms with Crippen LogP contribution in [0.5, 0.6) is 0 Å². The maximum Gasteiger partial charge on any atom is 0.316 e. The van der Waals surface area contributed by atoms with Crippen LogP contribution in [-0.4, -0.2) is 54.6 Å². The van der Waals surface area contributed by atoms with Crippen molar-refractivity contribution in [3.05, 3.63) is 12.3 Å². The molecule has 106 valence electrons. The molecule has 0 unspecified atom stereocenters. The van der Waals surface area contributed by atoms with Gasteiger partial charge in [0.25, 0.3) is 0 Å². The van der Waals surface area contributed by atoms with Gasteiger partial charge in [0.2, 0.25) is 5.95 Å². The third kappa shape index (κ3) is 5.89. The molecule has 0 aliphatic rings. The predicted octanol–water partition coefficient (Wildman–Crippen LogP) is 0.982. The third-order valence-electron chi connectivity index (χ3n) is 2.30. The lowest BCUT2D eigenvalue weighted by atomic mass is 10.5. The zero-order valence-electron chi connectivity index (χ0n) is 11.7. The summed E-state index contributed by atoms with van der Waals surface area (Å²) in [6.07, 6.45) is 2.73. The van der Waals surface area contributed by atoms with Crippen molar-refractivity contribution >= 4 is 17.8 Å². The highest BCUT2D eigenvalue weighted by atomic mass is 16.2. The summed E-state index contributed by atoms with van der Waals surface area (Å²) in [7, 11) is 3.41. The van der Waals surface area contributed by atoms with Crippen molar-refractivity contribution in [1.29, 1.82) is 0 Å². The van der Waals surface area contributed by atoms with Crippen LogP contribution < -0.4 is 16.0 Å². The van der Waals surface area contributed by atoms with E-state index >= 15 is 0 Å². The molecule has 0 fully saturated rings. The molecule has 1 rings (SSSR count). The Balaban J connectivity index is 2.31. The number of hydrogen-bond donors (Lipinski definition) is 3. The summed E-state index contributed by atoms with van der Waals surface area (Å²) in [5.41, 5.74) is 0. The van der Waals surface area contributed by atoms with E-state index in [0.29, 0.717) is 19.0 Å².